The van der Waals surface area contributed by atoms with Crippen molar-refractivity contribution in [2.75, 3.05) is 6.26 Å². The van der Waals surface area contributed by atoms with Crippen molar-refractivity contribution in [3.05, 3.63) is 59.2 Å². The fourth-order valence-electron chi connectivity index (χ4n) is 2.72. The molecule has 0 spiro atoms. The molecule has 0 saturated carbocycles. The first-order valence-corrected chi connectivity index (χ1v) is 11.8. The minimum absolute atomic E-state index is 0.0330. The summed E-state index contributed by atoms with van der Waals surface area (Å²) in [7, 11) is -3.91. The lowest BCUT2D eigenvalue weighted by molar-refractivity contribution is 0.200. The number of carboxylic acid groups (broad SMARTS) is 1. The van der Waals surface area contributed by atoms with E-state index in [0.29, 0.717) is 9.77 Å². The lowest BCUT2D eigenvalue weighted by atomic mass is 10.0. The molecule has 0 fully saturated rings. The van der Waals surface area contributed by atoms with E-state index < -0.39 is 15.9 Å². The number of rotatable bonds is 5. The van der Waals surface area contributed by atoms with Gasteiger partial charge < -0.3 is 5.11 Å². The molecule has 150 valence electrons. The van der Waals surface area contributed by atoms with Gasteiger partial charge in [-0.3, -0.25) is 15.7 Å². The summed E-state index contributed by atoms with van der Waals surface area (Å²) >= 11 is 2.27. The largest absolute Gasteiger partial charge is 0.465 e. The quantitative estimate of drug-likeness (QED) is 0.305. The molecule has 0 aliphatic heterocycles. The van der Waals surface area contributed by atoms with Gasteiger partial charge in [-0.2, -0.15) is 0 Å². The van der Waals surface area contributed by atoms with Crippen LogP contribution in [0.15, 0.2) is 62.8 Å². The van der Waals surface area contributed by atoms with E-state index in [0.717, 1.165) is 22.5 Å². The molecule has 1 aromatic carbocycles. The topological polar surface area (TPSA) is 120 Å². The molecule has 0 unspecified atom stereocenters. The summed E-state index contributed by atoms with van der Waals surface area (Å²) in [5.41, 5.74) is 2.57. The number of sulfone groups is 1. The number of benzene rings is 1. The summed E-state index contributed by atoms with van der Waals surface area (Å²) in [6.07, 6.45) is 3.25. The van der Waals surface area contributed by atoms with E-state index in [9.17, 15) is 13.2 Å². The second kappa shape index (κ2) is 8.36. The maximum atomic E-state index is 13.3. The molecule has 3 rings (SSSR count). The first-order chi connectivity index (χ1) is 13.7. The molecule has 1 amide bonds. The van der Waals surface area contributed by atoms with Crippen molar-refractivity contribution < 1.29 is 18.3 Å². The minimum atomic E-state index is -3.91. The van der Waals surface area contributed by atoms with E-state index in [4.69, 9.17) is 10.5 Å². The molecule has 0 aliphatic rings. The van der Waals surface area contributed by atoms with Crippen molar-refractivity contribution in [3.8, 4) is 11.1 Å². The molecule has 0 saturated heterocycles. The van der Waals surface area contributed by atoms with E-state index in [1.54, 1.807) is 18.5 Å². The van der Waals surface area contributed by atoms with Crippen LogP contribution in [-0.4, -0.2) is 36.7 Å². The summed E-state index contributed by atoms with van der Waals surface area (Å²) in [4.78, 5) is 15.2. The Morgan fingerprint density at radius 1 is 1.24 bits per heavy atom. The predicted octanol–water partition coefficient (Wildman–Crippen LogP) is 4.27. The molecule has 7 nitrogen and oxygen atoms in total. The fraction of sp³-hybridized carbons (Fsp3) is 0.105. The third-order valence-electron chi connectivity index (χ3n) is 4.10. The average molecular weight is 448 g/mol. The molecule has 0 aliphatic carbocycles. The highest BCUT2D eigenvalue weighted by Crippen LogP contribution is 2.37. The number of aromatic nitrogens is 1. The van der Waals surface area contributed by atoms with E-state index >= 15 is 0 Å². The van der Waals surface area contributed by atoms with Gasteiger partial charge in [0.2, 0.25) is 9.84 Å². The molecular weight excluding hydrogens is 430 g/mol. The normalized spacial score (nSPS) is 11.2. The van der Waals surface area contributed by atoms with Crippen LogP contribution in [0.4, 0.5) is 4.79 Å². The first kappa shape index (κ1) is 21.0. The Kier molecular flexibility index (Phi) is 6.06. The van der Waals surface area contributed by atoms with Crippen molar-refractivity contribution in [2.24, 2.45) is 0 Å². The fourth-order valence-corrected chi connectivity index (χ4v) is 6.60. The highest BCUT2D eigenvalue weighted by molar-refractivity contribution is 8.01. The predicted molar refractivity (Wildman–Crippen MR) is 114 cm³/mol. The second-order valence-corrected chi connectivity index (χ2v) is 10.0. The smallest absolute Gasteiger partial charge is 0.410 e. The Morgan fingerprint density at radius 3 is 2.62 bits per heavy atom. The van der Waals surface area contributed by atoms with Crippen LogP contribution in [0.2, 0.25) is 0 Å². The first-order valence-electron chi connectivity index (χ1n) is 8.27. The van der Waals surface area contributed by atoms with Crippen LogP contribution >= 0.6 is 23.1 Å². The Morgan fingerprint density at radius 2 is 1.97 bits per heavy atom. The Bertz CT molecular complexity index is 1200. The van der Waals surface area contributed by atoms with Crippen LogP contribution in [0.5, 0.6) is 0 Å². The van der Waals surface area contributed by atoms with Gasteiger partial charge in [-0.25, -0.2) is 13.2 Å². The number of thioether (sulfide) groups is 1. The highest BCUT2D eigenvalue weighted by atomic mass is 32.2. The number of carbonyl (C=O) groups is 1. The average Bonchev–Trinajstić information content (AvgIpc) is 3.13. The van der Waals surface area contributed by atoms with Crippen LogP contribution in [0, 0.1) is 12.3 Å². The monoisotopic (exact) mass is 447 g/mol. The summed E-state index contributed by atoms with van der Waals surface area (Å²) in [5.74, 6) is -0.369. The maximum Gasteiger partial charge on any atom is 0.410 e. The van der Waals surface area contributed by atoms with E-state index in [1.807, 2.05) is 36.5 Å². The molecule has 0 radical (unpaired) electrons. The summed E-state index contributed by atoms with van der Waals surface area (Å²) in [6, 6.07) is 10.5. The summed E-state index contributed by atoms with van der Waals surface area (Å²) in [6.45, 7) is 1.94. The number of hydrogen-bond acceptors (Lipinski definition) is 7. The molecule has 3 N–H and O–H groups in total. The van der Waals surface area contributed by atoms with Gasteiger partial charge in [-0.05, 0) is 36.4 Å². The molecule has 2 heterocycles. The van der Waals surface area contributed by atoms with Crippen molar-refractivity contribution in [3.63, 3.8) is 0 Å². The lowest BCUT2D eigenvalue weighted by Gasteiger charge is -2.08. The maximum absolute atomic E-state index is 13.3. The Balaban J connectivity index is 2.07. The van der Waals surface area contributed by atoms with Gasteiger partial charge in [0, 0.05) is 18.0 Å². The third kappa shape index (κ3) is 4.34. The van der Waals surface area contributed by atoms with E-state index in [1.165, 1.54) is 24.0 Å². The summed E-state index contributed by atoms with van der Waals surface area (Å²) in [5, 5.41) is 18.6. The van der Waals surface area contributed by atoms with E-state index in [-0.39, 0.29) is 20.5 Å². The molecule has 2 aromatic heterocycles. The Labute approximate surface area is 176 Å². The van der Waals surface area contributed by atoms with Gasteiger partial charge in [0.25, 0.3) is 0 Å². The standard InChI is InChI=1S/C19H17N3O4S3/c1-11-5-3-4-6-14(11)12-7-13(10-21-9-12)29(25,26)16-8-15(28-18(16)27-2)17(20)22-19(23)24/h3-10H,1-2H3,(H2,20,22)(H,23,24). The SMILES string of the molecule is CSc1sc(C(=N)NC(=O)O)cc1S(=O)(=O)c1cncc(-c2ccccc2C)c1. The van der Waals surface area contributed by atoms with Gasteiger partial charge >= 0.3 is 6.09 Å². The zero-order chi connectivity index (χ0) is 21.2. The molecule has 10 heteroatoms. The highest BCUT2D eigenvalue weighted by Gasteiger charge is 2.26. The van der Waals surface area contributed by atoms with E-state index in [2.05, 4.69) is 4.98 Å². The number of hydrogen-bond donors (Lipinski definition) is 3. The van der Waals surface area contributed by atoms with Crippen molar-refractivity contribution >= 4 is 44.9 Å². The second-order valence-electron chi connectivity index (χ2n) is 6.00. The number of pyridine rings is 1. The third-order valence-corrected chi connectivity index (χ3v) is 8.39. The zero-order valence-electron chi connectivity index (χ0n) is 15.5. The van der Waals surface area contributed by atoms with Crippen molar-refractivity contribution in [1.82, 2.24) is 10.3 Å². The van der Waals surface area contributed by atoms with Crippen molar-refractivity contribution in [2.45, 2.75) is 20.9 Å². The van der Waals surface area contributed by atoms with Crippen LogP contribution in [0.1, 0.15) is 10.4 Å². The molecular formula is C19H17N3O4S3. The molecule has 0 atom stereocenters. The number of nitrogens with zero attached hydrogens (tertiary/aromatic N) is 1. The number of thiophene rings is 1. The van der Waals surface area contributed by atoms with Crippen molar-refractivity contribution in [1.29, 1.82) is 5.41 Å². The van der Waals surface area contributed by atoms with Gasteiger partial charge in [0.15, 0.2) is 0 Å². The number of amides is 1. The summed E-state index contributed by atoms with van der Waals surface area (Å²) < 4.78 is 27.0. The van der Waals surface area contributed by atoms with Crippen LogP contribution in [-0.2, 0) is 9.84 Å². The number of aryl methyl sites for hydroxylation is 1. The van der Waals surface area contributed by atoms with Crippen LogP contribution < -0.4 is 5.32 Å². The Hall–Kier alpha value is -2.69. The number of amidine groups is 1. The van der Waals surface area contributed by atoms with Gasteiger partial charge in [0.05, 0.1) is 18.9 Å². The van der Waals surface area contributed by atoms with Gasteiger partial charge in [-0.1, -0.05) is 24.3 Å². The number of nitrogens with one attached hydrogen (secondary N) is 2. The minimum Gasteiger partial charge on any atom is -0.465 e. The van der Waals surface area contributed by atoms with Gasteiger partial charge in [0.1, 0.15) is 5.84 Å². The van der Waals surface area contributed by atoms with Gasteiger partial charge in [-0.15, -0.1) is 23.1 Å². The van der Waals surface area contributed by atoms with Crippen LogP contribution in [0.25, 0.3) is 11.1 Å². The zero-order valence-corrected chi connectivity index (χ0v) is 17.9. The molecule has 0 bridgehead atoms. The molecule has 3 aromatic rings. The molecule has 29 heavy (non-hydrogen) atoms. The lowest BCUT2D eigenvalue weighted by Crippen LogP contribution is -2.27. The van der Waals surface area contributed by atoms with Crippen LogP contribution in [0.3, 0.4) is 0 Å².